The number of ether oxygens (including phenoxy) is 1. The Morgan fingerprint density at radius 3 is 2.44 bits per heavy atom. The number of nitro groups is 1. The lowest BCUT2D eigenvalue weighted by atomic mass is 9.99. The number of piperidine rings is 1. The molecule has 1 N–H and O–H groups in total. The van der Waals surface area contributed by atoms with Gasteiger partial charge < -0.3 is 15.0 Å². The first-order chi connectivity index (χ1) is 19.5. The minimum atomic E-state index is -4.34. The summed E-state index contributed by atoms with van der Waals surface area (Å²) in [4.78, 5) is 26.2. The monoisotopic (exact) mass is 580 g/mol. The molecular weight excluding hydrogens is 544 g/mol. The summed E-state index contributed by atoms with van der Waals surface area (Å²) in [6, 6.07) is 17.6. The van der Waals surface area contributed by atoms with Gasteiger partial charge in [-0.05, 0) is 80.6 Å². The Kier molecular flexibility index (Phi) is 9.17. The van der Waals surface area contributed by atoms with Crippen molar-refractivity contribution in [3.63, 3.8) is 0 Å². The lowest BCUT2D eigenvalue weighted by molar-refractivity contribution is -0.385. The number of nitrogens with zero attached hydrogens (tertiary/aromatic N) is 3. The molecule has 1 saturated heterocycles. The number of carbonyl (C=O) groups is 1. The highest BCUT2D eigenvalue weighted by Crippen LogP contribution is 2.29. The van der Waals surface area contributed by atoms with Crippen LogP contribution in [0.1, 0.15) is 43.9 Å². The molecule has 0 saturated carbocycles. The molecule has 2 atom stereocenters. The lowest BCUT2D eigenvalue weighted by Gasteiger charge is -2.33. The van der Waals surface area contributed by atoms with Crippen LogP contribution in [-0.2, 0) is 14.8 Å². The summed E-state index contributed by atoms with van der Waals surface area (Å²) < 4.78 is 33.7. The molecule has 1 fully saturated rings. The van der Waals surface area contributed by atoms with Gasteiger partial charge in [-0.15, -0.1) is 0 Å². The molecule has 4 rings (SSSR count). The first-order valence-electron chi connectivity index (χ1n) is 13.6. The molecule has 1 amide bonds. The zero-order chi connectivity index (χ0) is 29.7. The molecule has 10 nitrogen and oxygen atoms in total. The quantitative estimate of drug-likeness (QED) is 0.258. The molecule has 0 radical (unpaired) electrons. The number of rotatable bonds is 10. The Hall–Kier alpha value is -4.12. The van der Waals surface area contributed by atoms with Gasteiger partial charge in [0.25, 0.3) is 15.7 Å². The zero-order valence-electron chi connectivity index (χ0n) is 23.7. The topological polar surface area (TPSA) is 122 Å². The largest absolute Gasteiger partial charge is 0.497 e. The van der Waals surface area contributed by atoms with E-state index in [9.17, 15) is 23.3 Å². The van der Waals surface area contributed by atoms with E-state index in [2.05, 4.69) is 29.3 Å². The van der Waals surface area contributed by atoms with Gasteiger partial charge in [-0.1, -0.05) is 25.1 Å². The van der Waals surface area contributed by atoms with Crippen LogP contribution in [-0.4, -0.2) is 46.0 Å². The number of hydrogen-bond acceptors (Lipinski definition) is 7. The maximum atomic E-state index is 13.8. The van der Waals surface area contributed by atoms with Crippen LogP contribution < -0.4 is 19.3 Å². The Bertz CT molecular complexity index is 1490. The number of benzene rings is 3. The van der Waals surface area contributed by atoms with Gasteiger partial charge in [0.2, 0.25) is 5.91 Å². The Morgan fingerprint density at radius 2 is 1.83 bits per heavy atom. The maximum Gasteiger partial charge on any atom is 0.273 e. The molecule has 0 aliphatic carbocycles. The number of sulfonamides is 1. The van der Waals surface area contributed by atoms with Crippen molar-refractivity contribution in [2.24, 2.45) is 5.92 Å². The van der Waals surface area contributed by atoms with Gasteiger partial charge in [0.1, 0.15) is 12.3 Å². The highest BCUT2D eigenvalue weighted by molar-refractivity contribution is 7.92. The Morgan fingerprint density at radius 1 is 1.15 bits per heavy atom. The van der Waals surface area contributed by atoms with E-state index >= 15 is 0 Å². The summed E-state index contributed by atoms with van der Waals surface area (Å²) in [6.07, 6.45) is 2.40. The van der Waals surface area contributed by atoms with E-state index in [4.69, 9.17) is 4.74 Å². The molecule has 0 aromatic heterocycles. The number of methoxy groups -OCH3 is 1. The first kappa shape index (κ1) is 29.9. The third-order valence-electron chi connectivity index (χ3n) is 7.41. The van der Waals surface area contributed by atoms with E-state index in [1.165, 1.54) is 51.1 Å². The fourth-order valence-corrected chi connectivity index (χ4v) is 6.48. The molecule has 1 aliphatic rings. The van der Waals surface area contributed by atoms with Gasteiger partial charge in [-0.2, -0.15) is 0 Å². The number of aryl methyl sites for hydroxylation is 1. The second kappa shape index (κ2) is 12.6. The summed E-state index contributed by atoms with van der Waals surface area (Å²) in [7, 11) is -2.85. The molecule has 11 heteroatoms. The lowest BCUT2D eigenvalue weighted by Crippen LogP contribution is -2.41. The highest BCUT2D eigenvalue weighted by atomic mass is 32.2. The second-order valence-electron chi connectivity index (χ2n) is 10.5. The second-order valence-corrected chi connectivity index (χ2v) is 12.4. The summed E-state index contributed by atoms with van der Waals surface area (Å²) in [6.45, 7) is 7.15. The van der Waals surface area contributed by atoms with Gasteiger partial charge in [0.05, 0.1) is 28.7 Å². The van der Waals surface area contributed by atoms with Crippen molar-refractivity contribution in [1.82, 2.24) is 5.32 Å². The molecule has 1 aliphatic heterocycles. The molecule has 41 heavy (non-hydrogen) atoms. The van der Waals surface area contributed by atoms with Crippen LogP contribution in [0.2, 0.25) is 0 Å². The van der Waals surface area contributed by atoms with Crippen LogP contribution in [0.4, 0.5) is 17.1 Å². The molecule has 3 aromatic rings. The third kappa shape index (κ3) is 6.97. The summed E-state index contributed by atoms with van der Waals surface area (Å²) >= 11 is 0. The van der Waals surface area contributed by atoms with Crippen LogP contribution >= 0.6 is 0 Å². The third-order valence-corrected chi connectivity index (χ3v) is 9.18. The fourth-order valence-electron chi connectivity index (χ4n) is 5.04. The van der Waals surface area contributed by atoms with E-state index in [0.29, 0.717) is 17.2 Å². The van der Waals surface area contributed by atoms with Crippen molar-refractivity contribution in [2.75, 3.05) is 35.9 Å². The van der Waals surface area contributed by atoms with Crippen LogP contribution in [0.25, 0.3) is 0 Å². The molecule has 2 unspecified atom stereocenters. The molecule has 3 aromatic carbocycles. The number of nitro benzene ring substituents is 1. The first-order valence-corrected chi connectivity index (χ1v) is 15.0. The SMILES string of the molecule is COc1ccc(N(CC(=O)NC(C)c2ccc(N3CCCC(C)C3)cc2)S(=O)(=O)c2ccc(C)c([N+](=O)[O-])c2)cc1. The molecular formula is C30H36N4O6S. The predicted octanol–water partition coefficient (Wildman–Crippen LogP) is 5.22. The van der Waals surface area contributed by atoms with Crippen LogP contribution in [0.5, 0.6) is 5.75 Å². The van der Waals surface area contributed by atoms with Crippen LogP contribution in [0.15, 0.2) is 71.6 Å². The number of carbonyl (C=O) groups excluding carboxylic acids is 1. The van der Waals surface area contributed by atoms with Crippen LogP contribution in [0.3, 0.4) is 0 Å². The van der Waals surface area contributed by atoms with Crippen molar-refractivity contribution < 1.29 is 22.9 Å². The standard InChI is InChI=1S/C30H36N4O6S/c1-21-6-5-17-32(19-21)25-10-8-24(9-11-25)23(3)31-30(35)20-33(26-12-14-27(40-4)15-13-26)41(38,39)28-16-7-22(2)29(18-28)34(36)37/h7-16,18,21,23H,5-6,17,19-20H2,1-4H3,(H,31,35). The van der Waals surface area contributed by atoms with Crippen molar-refractivity contribution in [3.8, 4) is 5.75 Å². The van der Waals surface area contributed by atoms with Gasteiger partial charge >= 0.3 is 0 Å². The zero-order valence-corrected chi connectivity index (χ0v) is 24.6. The normalized spacial score (nSPS) is 16.1. The van der Waals surface area contributed by atoms with Gasteiger partial charge in [-0.3, -0.25) is 19.2 Å². The van der Waals surface area contributed by atoms with E-state index in [1.807, 2.05) is 19.1 Å². The van der Waals surface area contributed by atoms with Gasteiger partial charge in [-0.25, -0.2) is 8.42 Å². The highest BCUT2D eigenvalue weighted by Gasteiger charge is 2.30. The average Bonchev–Trinajstić information content (AvgIpc) is 2.96. The summed E-state index contributed by atoms with van der Waals surface area (Å²) in [5.74, 6) is 0.641. The van der Waals surface area contributed by atoms with Crippen molar-refractivity contribution >= 4 is 33.0 Å². The van der Waals surface area contributed by atoms with Gasteiger partial charge in [0.15, 0.2) is 0 Å². The minimum Gasteiger partial charge on any atom is -0.497 e. The molecule has 0 spiro atoms. The molecule has 218 valence electrons. The van der Waals surface area contributed by atoms with E-state index < -0.39 is 27.4 Å². The van der Waals surface area contributed by atoms with Crippen LogP contribution in [0, 0.1) is 23.0 Å². The number of amides is 1. The minimum absolute atomic E-state index is 0.219. The average molecular weight is 581 g/mol. The molecule has 0 bridgehead atoms. The smallest absolute Gasteiger partial charge is 0.273 e. The summed E-state index contributed by atoms with van der Waals surface area (Å²) in [5.41, 5.74) is 2.26. The Balaban J connectivity index is 1.55. The maximum absolute atomic E-state index is 13.8. The Labute approximate surface area is 241 Å². The van der Waals surface area contributed by atoms with Crippen molar-refractivity contribution in [1.29, 1.82) is 0 Å². The summed E-state index contributed by atoms with van der Waals surface area (Å²) in [5, 5.41) is 14.4. The van der Waals surface area contributed by atoms with Crippen molar-refractivity contribution in [3.05, 3.63) is 88.0 Å². The van der Waals surface area contributed by atoms with E-state index in [0.717, 1.165) is 34.7 Å². The predicted molar refractivity (Wildman–Crippen MR) is 159 cm³/mol. The number of hydrogen-bond donors (Lipinski definition) is 1. The number of nitrogens with one attached hydrogen (secondary N) is 1. The van der Waals surface area contributed by atoms with E-state index in [1.54, 1.807) is 12.1 Å². The van der Waals surface area contributed by atoms with Crippen molar-refractivity contribution in [2.45, 2.75) is 44.6 Å². The van der Waals surface area contributed by atoms with E-state index in [-0.39, 0.29) is 22.3 Å². The fraction of sp³-hybridized carbons (Fsp3) is 0.367. The number of anilines is 2. The van der Waals surface area contributed by atoms with Gasteiger partial charge in [0, 0.05) is 30.4 Å². The molecule has 1 heterocycles.